The van der Waals surface area contributed by atoms with Crippen LogP contribution in [-0.2, 0) is 0 Å². The average Bonchev–Trinajstić information content (AvgIpc) is 2.74. The molecule has 2 aromatic carbocycles. The molecule has 0 aliphatic rings. The number of rotatable bonds is 2. The van der Waals surface area contributed by atoms with Crippen LogP contribution in [0.1, 0.15) is 0 Å². The van der Waals surface area contributed by atoms with Crippen molar-refractivity contribution in [3.63, 3.8) is 0 Å². The van der Waals surface area contributed by atoms with Gasteiger partial charge in [0.1, 0.15) is 5.82 Å². The Morgan fingerprint density at radius 2 is 1.63 bits per heavy atom. The molecule has 3 heterocycles. The summed E-state index contributed by atoms with van der Waals surface area (Å²) in [6, 6.07) is 13.7. The molecule has 5 rings (SSSR count). The SMILES string of the molecule is O=c1ccc2cc(-c3nc4c(=O)cc[nH]c4nc3-c3ccc(F)cc3)cc(Cl)c2[nH]1. The summed E-state index contributed by atoms with van der Waals surface area (Å²) in [5.74, 6) is -0.375. The predicted octanol–water partition coefficient (Wildman–Crippen LogP) is 4.29. The molecule has 0 saturated carbocycles. The molecule has 8 heteroatoms. The number of hydrogen-bond acceptors (Lipinski definition) is 4. The number of H-pyrrole nitrogens is 2. The van der Waals surface area contributed by atoms with E-state index >= 15 is 0 Å². The predicted molar refractivity (Wildman–Crippen MR) is 114 cm³/mol. The first kappa shape index (κ1) is 18.2. The van der Waals surface area contributed by atoms with Gasteiger partial charge >= 0.3 is 0 Å². The van der Waals surface area contributed by atoms with Gasteiger partial charge in [-0.3, -0.25) is 9.59 Å². The zero-order valence-corrected chi connectivity index (χ0v) is 16.0. The largest absolute Gasteiger partial charge is 0.345 e. The van der Waals surface area contributed by atoms with Crippen molar-refractivity contribution in [1.82, 2.24) is 19.9 Å². The van der Waals surface area contributed by atoms with Crippen LogP contribution in [0, 0.1) is 5.82 Å². The zero-order chi connectivity index (χ0) is 20.8. The lowest BCUT2D eigenvalue weighted by Crippen LogP contribution is -2.07. The molecule has 0 atom stereocenters. The number of nitrogens with zero attached hydrogens (tertiary/aromatic N) is 2. The zero-order valence-electron chi connectivity index (χ0n) is 15.2. The third-order valence-corrected chi connectivity index (χ3v) is 5.06. The summed E-state index contributed by atoms with van der Waals surface area (Å²) in [5, 5.41) is 1.03. The van der Waals surface area contributed by atoms with Gasteiger partial charge in [-0.25, -0.2) is 14.4 Å². The monoisotopic (exact) mass is 418 g/mol. The smallest absolute Gasteiger partial charge is 0.248 e. The van der Waals surface area contributed by atoms with E-state index < -0.39 is 0 Å². The minimum atomic E-state index is -0.375. The Balaban J connectivity index is 1.86. The number of nitrogens with one attached hydrogen (secondary N) is 2. The Labute approximate surface area is 173 Å². The van der Waals surface area contributed by atoms with E-state index in [4.69, 9.17) is 11.6 Å². The fourth-order valence-electron chi connectivity index (χ4n) is 3.35. The molecule has 0 spiro atoms. The maximum Gasteiger partial charge on any atom is 0.248 e. The first-order valence-corrected chi connectivity index (χ1v) is 9.36. The van der Waals surface area contributed by atoms with Gasteiger partial charge in [0, 0.05) is 34.8 Å². The van der Waals surface area contributed by atoms with Crippen molar-refractivity contribution in [3.05, 3.63) is 92.2 Å². The first-order chi connectivity index (χ1) is 14.5. The number of aromatic nitrogens is 4. The number of halogens is 2. The maximum absolute atomic E-state index is 13.5. The summed E-state index contributed by atoms with van der Waals surface area (Å²) in [4.78, 5) is 38.8. The summed E-state index contributed by atoms with van der Waals surface area (Å²) >= 11 is 6.42. The van der Waals surface area contributed by atoms with E-state index in [1.807, 2.05) is 0 Å². The van der Waals surface area contributed by atoms with Gasteiger partial charge in [0.25, 0.3) is 0 Å². The normalized spacial score (nSPS) is 11.3. The van der Waals surface area contributed by atoms with Gasteiger partial charge in [0.05, 0.1) is 21.9 Å². The minimum absolute atomic E-state index is 0.177. The Kier molecular flexibility index (Phi) is 4.18. The lowest BCUT2D eigenvalue weighted by molar-refractivity contribution is 0.628. The van der Waals surface area contributed by atoms with Crippen LogP contribution in [0.5, 0.6) is 0 Å². The van der Waals surface area contributed by atoms with E-state index in [0.29, 0.717) is 44.1 Å². The molecule has 0 aliphatic carbocycles. The van der Waals surface area contributed by atoms with E-state index in [1.165, 1.54) is 30.5 Å². The van der Waals surface area contributed by atoms with Gasteiger partial charge in [0.15, 0.2) is 11.2 Å². The van der Waals surface area contributed by atoms with Crippen molar-refractivity contribution in [2.75, 3.05) is 0 Å². The molecule has 0 fully saturated rings. The van der Waals surface area contributed by atoms with Crippen molar-refractivity contribution in [2.45, 2.75) is 0 Å². The molecule has 30 heavy (non-hydrogen) atoms. The van der Waals surface area contributed by atoms with Crippen LogP contribution in [0.4, 0.5) is 4.39 Å². The second-order valence-corrected chi connectivity index (χ2v) is 7.12. The highest BCUT2D eigenvalue weighted by Crippen LogP contribution is 2.34. The highest BCUT2D eigenvalue weighted by molar-refractivity contribution is 6.35. The molecule has 0 bridgehead atoms. The van der Waals surface area contributed by atoms with Crippen LogP contribution >= 0.6 is 11.6 Å². The van der Waals surface area contributed by atoms with Gasteiger partial charge in [-0.05, 0) is 42.5 Å². The van der Waals surface area contributed by atoms with E-state index in [1.54, 1.807) is 30.3 Å². The number of pyridine rings is 2. The van der Waals surface area contributed by atoms with Crippen LogP contribution < -0.4 is 11.0 Å². The fraction of sp³-hybridized carbons (Fsp3) is 0. The van der Waals surface area contributed by atoms with Gasteiger partial charge in [-0.1, -0.05) is 11.6 Å². The average molecular weight is 419 g/mol. The van der Waals surface area contributed by atoms with Crippen LogP contribution in [0.15, 0.2) is 70.4 Å². The highest BCUT2D eigenvalue weighted by Gasteiger charge is 2.16. The molecule has 0 saturated heterocycles. The summed E-state index contributed by atoms with van der Waals surface area (Å²) in [6.07, 6.45) is 1.50. The van der Waals surface area contributed by atoms with Crippen molar-refractivity contribution in [3.8, 4) is 22.5 Å². The van der Waals surface area contributed by atoms with Crippen molar-refractivity contribution < 1.29 is 4.39 Å². The van der Waals surface area contributed by atoms with Crippen LogP contribution in [0.3, 0.4) is 0 Å². The van der Waals surface area contributed by atoms with Gasteiger partial charge < -0.3 is 9.97 Å². The van der Waals surface area contributed by atoms with E-state index in [-0.39, 0.29) is 22.3 Å². The Bertz CT molecular complexity index is 1560. The Morgan fingerprint density at radius 1 is 0.867 bits per heavy atom. The Hall–Kier alpha value is -3.84. The van der Waals surface area contributed by atoms with Crippen LogP contribution in [0.25, 0.3) is 44.6 Å². The second-order valence-electron chi connectivity index (χ2n) is 6.71. The number of fused-ring (bicyclic) bond motifs is 2. The summed E-state index contributed by atoms with van der Waals surface area (Å²) in [7, 11) is 0. The number of hydrogen-bond donors (Lipinski definition) is 2. The lowest BCUT2D eigenvalue weighted by Gasteiger charge is -2.12. The summed E-state index contributed by atoms with van der Waals surface area (Å²) in [6.45, 7) is 0. The van der Waals surface area contributed by atoms with E-state index in [2.05, 4.69) is 19.9 Å². The third kappa shape index (κ3) is 3.05. The summed E-state index contributed by atoms with van der Waals surface area (Å²) in [5.41, 5.74) is 2.57. The molecule has 0 aliphatic heterocycles. The van der Waals surface area contributed by atoms with Gasteiger partial charge in [0.2, 0.25) is 11.0 Å². The molecule has 6 nitrogen and oxygen atoms in total. The Morgan fingerprint density at radius 3 is 2.43 bits per heavy atom. The number of benzene rings is 2. The molecule has 0 unspecified atom stereocenters. The summed E-state index contributed by atoms with van der Waals surface area (Å²) < 4.78 is 13.5. The molecule has 2 N–H and O–H groups in total. The van der Waals surface area contributed by atoms with Gasteiger partial charge in [-0.2, -0.15) is 0 Å². The topological polar surface area (TPSA) is 91.5 Å². The quantitative estimate of drug-likeness (QED) is 0.447. The van der Waals surface area contributed by atoms with E-state index in [0.717, 1.165) is 0 Å². The molecule has 3 aromatic heterocycles. The standard InChI is InChI=1S/C22H12ClFN4O2/c23-15-10-13(9-12-3-6-17(30)26-18(12)15)20-19(11-1-4-14(24)5-2-11)28-22-21(27-20)16(29)7-8-25-22/h1-10H,(H,26,30)(H,25,28,29). The van der Waals surface area contributed by atoms with Crippen LogP contribution in [0.2, 0.25) is 5.02 Å². The molecular weight excluding hydrogens is 407 g/mol. The minimum Gasteiger partial charge on any atom is -0.345 e. The van der Waals surface area contributed by atoms with Crippen molar-refractivity contribution in [1.29, 1.82) is 0 Å². The third-order valence-electron chi connectivity index (χ3n) is 4.76. The molecular formula is C22H12ClFN4O2. The van der Waals surface area contributed by atoms with Crippen molar-refractivity contribution >= 4 is 33.7 Å². The second kappa shape index (κ2) is 6.89. The number of aromatic amines is 2. The van der Waals surface area contributed by atoms with E-state index in [9.17, 15) is 14.0 Å². The molecule has 146 valence electrons. The highest BCUT2D eigenvalue weighted by atomic mass is 35.5. The maximum atomic E-state index is 13.5. The lowest BCUT2D eigenvalue weighted by atomic mass is 10.0. The van der Waals surface area contributed by atoms with Crippen molar-refractivity contribution in [2.24, 2.45) is 0 Å². The molecule has 5 aromatic rings. The molecule has 0 radical (unpaired) electrons. The molecule has 0 amide bonds. The fourth-order valence-corrected chi connectivity index (χ4v) is 3.63. The van der Waals surface area contributed by atoms with Crippen LogP contribution in [-0.4, -0.2) is 19.9 Å². The first-order valence-electron chi connectivity index (χ1n) is 8.98. The van der Waals surface area contributed by atoms with Gasteiger partial charge in [-0.15, -0.1) is 0 Å².